The minimum Gasteiger partial charge on any atom is -0.462 e. The van der Waals surface area contributed by atoms with E-state index in [0.29, 0.717) is 18.0 Å². The highest BCUT2D eigenvalue weighted by atomic mass is 16.5. The Morgan fingerprint density at radius 1 is 1.62 bits per heavy atom. The van der Waals surface area contributed by atoms with Gasteiger partial charge in [-0.25, -0.2) is 9.79 Å². The van der Waals surface area contributed by atoms with Crippen LogP contribution in [0.2, 0.25) is 0 Å². The molecule has 6 heteroatoms. The average molecular weight is 224 g/mol. The molecule has 0 unspecified atom stereocenters. The van der Waals surface area contributed by atoms with Gasteiger partial charge >= 0.3 is 5.97 Å². The Labute approximate surface area is 94.3 Å². The van der Waals surface area contributed by atoms with E-state index < -0.39 is 5.97 Å². The fourth-order valence-corrected chi connectivity index (χ4v) is 0.985. The second kappa shape index (κ2) is 5.29. The molecule has 0 radical (unpaired) electrons. The van der Waals surface area contributed by atoms with Gasteiger partial charge in [0.1, 0.15) is 11.4 Å². The Kier molecular flexibility index (Phi) is 4.04. The highest BCUT2D eigenvalue weighted by Crippen LogP contribution is 2.16. The molecule has 0 aliphatic rings. The Bertz CT molecular complexity index is 395. The normalized spacial score (nSPS) is 11.4. The molecule has 0 fully saturated rings. The van der Waals surface area contributed by atoms with Crippen molar-refractivity contribution >= 4 is 17.6 Å². The van der Waals surface area contributed by atoms with Crippen LogP contribution in [0.3, 0.4) is 0 Å². The van der Waals surface area contributed by atoms with Crippen LogP contribution in [0, 0.1) is 0 Å². The maximum Gasteiger partial charge on any atom is 0.343 e. The summed E-state index contributed by atoms with van der Waals surface area (Å²) < 4.78 is 4.89. The molecule has 1 aromatic heterocycles. The Hall–Kier alpha value is -1.85. The van der Waals surface area contributed by atoms with Gasteiger partial charge in [0, 0.05) is 14.1 Å². The van der Waals surface area contributed by atoms with E-state index in [0.717, 1.165) is 5.84 Å². The first kappa shape index (κ1) is 12.2. The lowest BCUT2D eigenvalue weighted by molar-refractivity contribution is 0.0527. The maximum absolute atomic E-state index is 11.5. The van der Waals surface area contributed by atoms with E-state index in [2.05, 4.69) is 15.2 Å². The third-order valence-electron chi connectivity index (χ3n) is 2.04. The van der Waals surface area contributed by atoms with Crippen LogP contribution >= 0.6 is 0 Å². The van der Waals surface area contributed by atoms with E-state index in [-0.39, 0.29) is 0 Å². The largest absolute Gasteiger partial charge is 0.462 e. The SMILES string of the molecule is CCOC(=O)c1cn[nH]c1/N=C(\C)N(C)C. The third-order valence-corrected chi connectivity index (χ3v) is 2.04. The summed E-state index contributed by atoms with van der Waals surface area (Å²) in [5.74, 6) is 0.779. The lowest BCUT2D eigenvalue weighted by atomic mass is 10.3. The minimum absolute atomic E-state index is 0.333. The van der Waals surface area contributed by atoms with Crippen molar-refractivity contribution in [2.75, 3.05) is 20.7 Å². The van der Waals surface area contributed by atoms with Crippen molar-refractivity contribution in [2.24, 2.45) is 4.99 Å². The summed E-state index contributed by atoms with van der Waals surface area (Å²) in [5.41, 5.74) is 0.350. The number of nitrogens with zero attached hydrogens (tertiary/aromatic N) is 3. The summed E-state index contributed by atoms with van der Waals surface area (Å²) in [6.07, 6.45) is 1.42. The molecule has 0 atom stereocenters. The van der Waals surface area contributed by atoms with Gasteiger partial charge in [0.15, 0.2) is 5.82 Å². The van der Waals surface area contributed by atoms with Gasteiger partial charge in [-0.15, -0.1) is 0 Å². The average Bonchev–Trinajstić information content (AvgIpc) is 2.66. The summed E-state index contributed by atoms with van der Waals surface area (Å²) >= 11 is 0. The highest BCUT2D eigenvalue weighted by molar-refractivity contribution is 5.95. The molecule has 1 heterocycles. The molecule has 6 nitrogen and oxygen atoms in total. The summed E-state index contributed by atoms with van der Waals surface area (Å²) in [7, 11) is 3.75. The first-order valence-electron chi connectivity index (χ1n) is 4.99. The summed E-state index contributed by atoms with van der Waals surface area (Å²) in [6.45, 7) is 3.93. The number of esters is 1. The smallest absolute Gasteiger partial charge is 0.343 e. The van der Waals surface area contributed by atoms with Crippen LogP contribution in [0.5, 0.6) is 0 Å². The van der Waals surface area contributed by atoms with Gasteiger partial charge in [-0.05, 0) is 13.8 Å². The van der Waals surface area contributed by atoms with Crippen molar-refractivity contribution in [3.05, 3.63) is 11.8 Å². The fourth-order valence-electron chi connectivity index (χ4n) is 0.985. The van der Waals surface area contributed by atoms with Gasteiger partial charge in [0.25, 0.3) is 0 Å². The van der Waals surface area contributed by atoms with Crippen molar-refractivity contribution < 1.29 is 9.53 Å². The molecule has 0 aliphatic carbocycles. The number of carbonyl (C=O) groups is 1. The van der Waals surface area contributed by atoms with Crippen molar-refractivity contribution in [3.63, 3.8) is 0 Å². The van der Waals surface area contributed by atoms with Crippen LogP contribution in [-0.2, 0) is 4.74 Å². The predicted molar refractivity (Wildman–Crippen MR) is 61.0 cm³/mol. The topological polar surface area (TPSA) is 70.6 Å². The highest BCUT2D eigenvalue weighted by Gasteiger charge is 2.14. The molecule has 16 heavy (non-hydrogen) atoms. The Morgan fingerprint density at radius 2 is 2.31 bits per heavy atom. The molecule has 0 amide bonds. The predicted octanol–water partition coefficient (Wildman–Crippen LogP) is 1.20. The molecule has 0 spiro atoms. The lowest BCUT2D eigenvalue weighted by Gasteiger charge is -2.10. The number of aromatic amines is 1. The molecule has 1 rings (SSSR count). The number of hydrogen-bond donors (Lipinski definition) is 1. The van der Waals surface area contributed by atoms with Gasteiger partial charge in [-0.2, -0.15) is 5.10 Å². The Balaban J connectivity index is 2.95. The number of H-pyrrole nitrogens is 1. The van der Waals surface area contributed by atoms with Crippen LogP contribution in [-0.4, -0.2) is 47.6 Å². The Morgan fingerprint density at radius 3 is 2.88 bits per heavy atom. The molecule has 0 aromatic carbocycles. The van der Waals surface area contributed by atoms with Crippen LogP contribution in [0.4, 0.5) is 5.82 Å². The van der Waals surface area contributed by atoms with Crippen LogP contribution < -0.4 is 0 Å². The molecule has 0 saturated carbocycles. The van der Waals surface area contributed by atoms with Crippen LogP contribution in [0.25, 0.3) is 0 Å². The molecule has 0 bridgehead atoms. The number of carbonyl (C=O) groups excluding carboxylic acids is 1. The van der Waals surface area contributed by atoms with E-state index in [1.54, 1.807) is 6.92 Å². The molecule has 1 aromatic rings. The first-order valence-corrected chi connectivity index (χ1v) is 4.99. The van der Waals surface area contributed by atoms with E-state index in [1.807, 2.05) is 25.9 Å². The van der Waals surface area contributed by atoms with Gasteiger partial charge in [-0.1, -0.05) is 0 Å². The number of aromatic nitrogens is 2. The number of amidine groups is 1. The quantitative estimate of drug-likeness (QED) is 0.475. The second-order valence-corrected chi connectivity index (χ2v) is 3.41. The fraction of sp³-hybridized carbons (Fsp3) is 0.500. The number of hydrogen-bond acceptors (Lipinski definition) is 4. The number of ether oxygens (including phenoxy) is 1. The van der Waals surface area contributed by atoms with Gasteiger partial charge in [-0.3, -0.25) is 5.10 Å². The van der Waals surface area contributed by atoms with Crippen molar-refractivity contribution in [3.8, 4) is 0 Å². The van der Waals surface area contributed by atoms with Crippen molar-refractivity contribution in [1.29, 1.82) is 0 Å². The zero-order valence-corrected chi connectivity index (χ0v) is 9.94. The van der Waals surface area contributed by atoms with Gasteiger partial charge in [0.05, 0.1) is 12.8 Å². The second-order valence-electron chi connectivity index (χ2n) is 3.41. The maximum atomic E-state index is 11.5. The number of aliphatic imine (C=N–C) groups is 1. The molecule has 1 N–H and O–H groups in total. The lowest BCUT2D eigenvalue weighted by Crippen LogP contribution is -2.18. The summed E-state index contributed by atoms with van der Waals surface area (Å²) in [4.78, 5) is 17.6. The van der Waals surface area contributed by atoms with Gasteiger partial charge in [0.2, 0.25) is 0 Å². The first-order chi connectivity index (χ1) is 7.56. The summed E-state index contributed by atoms with van der Waals surface area (Å²) in [5, 5.41) is 6.45. The zero-order chi connectivity index (χ0) is 12.1. The van der Waals surface area contributed by atoms with Gasteiger partial charge < -0.3 is 9.64 Å². The van der Waals surface area contributed by atoms with Crippen molar-refractivity contribution in [2.45, 2.75) is 13.8 Å². The van der Waals surface area contributed by atoms with Crippen molar-refractivity contribution in [1.82, 2.24) is 15.1 Å². The molecular weight excluding hydrogens is 208 g/mol. The van der Waals surface area contributed by atoms with E-state index in [9.17, 15) is 4.79 Å². The van der Waals surface area contributed by atoms with E-state index in [4.69, 9.17) is 4.74 Å². The minimum atomic E-state index is -0.415. The number of rotatable bonds is 3. The van der Waals surface area contributed by atoms with E-state index >= 15 is 0 Å². The zero-order valence-electron chi connectivity index (χ0n) is 9.94. The number of nitrogens with one attached hydrogen (secondary N) is 1. The molecular formula is C10H16N4O2. The molecule has 0 saturated heterocycles. The molecule has 88 valence electrons. The van der Waals surface area contributed by atoms with E-state index in [1.165, 1.54) is 6.20 Å². The third kappa shape index (κ3) is 2.82. The monoisotopic (exact) mass is 224 g/mol. The van der Waals surface area contributed by atoms with Crippen LogP contribution in [0.1, 0.15) is 24.2 Å². The summed E-state index contributed by atoms with van der Waals surface area (Å²) in [6, 6.07) is 0. The molecule has 0 aliphatic heterocycles. The van der Waals surface area contributed by atoms with Crippen LogP contribution in [0.15, 0.2) is 11.2 Å². The standard InChI is InChI=1S/C10H16N4O2/c1-5-16-10(15)8-6-11-13-9(8)12-7(2)14(3)4/h6H,5H2,1-4H3,(H,11,13)/b12-7+.